The molecule has 0 amide bonds. The zero-order chi connectivity index (χ0) is 15.1. The third kappa shape index (κ3) is 2.22. The average molecular weight is 287 g/mol. The fraction of sp³-hybridized carbons (Fsp3) is 0.438. The Hall–Kier alpha value is -1.85. The summed E-state index contributed by atoms with van der Waals surface area (Å²) in [5.74, 6) is -0.842. The van der Waals surface area contributed by atoms with Gasteiger partial charge in [0.2, 0.25) is 0 Å². The molecular weight excluding hydrogens is 266 g/mol. The molecule has 0 saturated heterocycles. The Labute approximate surface area is 124 Å². The van der Waals surface area contributed by atoms with Crippen LogP contribution in [0.1, 0.15) is 29.7 Å². The van der Waals surface area contributed by atoms with E-state index in [1.807, 2.05) is 6.20 Å². The molecule has 0 bridgehead atoms. The molecule has 0 radical (unpaired) electrons. The average Bonchev–Trinajstić information content (AvgIpc) is 2.96. The summed E-state index contributed by atoms with van der Waals surface area (Å²) in [7, 11) is 3.79. The van der Waals surface area contributed by atoms with E-state index in [9.17, 15) is 9.90 Å². The standard InChI is InChI=1S/C16H21N3O2/c1-4-19-9-13(15(17-2)16(20)21)12-5-10-7-18(3)8-11(10)6-14(12)19/h5-6,9,15,17H,4,7-8H2,1-3H3,(H,20,21). The molecule has 0 saturated carbocycles. The predicted octanol–water partition coefficient (Wildman–Crippen LogP) is 1.95. The first-order valence-corrected chi connectivity index (χ1v) is 7.28. The lowest BCUT2D eigenvalue weighted by Crippen LogP contribution is -2.24. The van der Waals surface area contributed by atoms with Gasteiger partial charge in [-0.15, -0.1) is 0 Å². The molecule has 112 valence electrons. The van der Waals surface area contributed by atoms with E-state index in [0.29, 0.717) is 0 Å². The molecule has 2 heterocycles. The van der Waals surface area contributed by atoms with Gasteiger partial charge in [0, 0.05) is 42.3 Å². The second kappa shape index (κ2) is 5.16. The summed E-state index contributed by atoms with van der Waals surface area (Å²) in [6.07, 6.45) is 1.97. The van der Waals surface area contributed by atoms with Gasteiger partial charge < -0.3 is 15.0 Å². The monoisotopic (exact) mass is 287 g/mol. The molecular formula is C16H21N3O2. The van der Waals surface area contributed by atoms with Crippen LogP contribution in [0.2, 0.25) is 0 Å². The van der Waals surface area contributed by atoms with Crippen LogP contribution in [0.5, 0.6) is 0 Å². The van der Waals surface area contributed by atoms with E-state index in [1.54, 1.807) is 7.05 Å². The van der Waals surface area contributed by atoms with Gasteiger partial charge in [0.15, 0.2) is 0 Å². The molecule has 5 heteroatoms. The third-order valence-electron chi connectivity index (χ3n) is 4.30. The lowest BCUT2D eigenvalue weighted by Gasteiger charge is -2.10. The number of fused-ring (bicyclic) bond motifs is 2. The smallest absolute Gasteiger partial charge is 0.325 e. The zero-order valence-electron chi connectivity index (χ0n) is 12.7. The van der Waals surface area contributed by atoms with Gasteiger partial charge in [0.1, 0.15) is 6.04 Å². The van der Waals surface area contributed by atoms with Crippen LogP contribution in [0.3, 0.4) is 0 Å². The number of carboxylic acid groups (broad SMARTS) is 1. The molecule has 1 unspecified atom stereocenters. The Morgan fingerprint density at radius 1 is 1.38 bits per heavy atom. The van der Waals surface area contributed by atoms with Gasteiger partial charge in [0.25, 0.3) is 0 Å². The van der Waals surface area contributed by atoms with Gasteiger partial charge in [-0.25, -0.2) is 0 Å². The maximum Gasteiger partial charge on any atom is 0.325 e. The van der Waals surface area contributed by atoms with Crippen molar-refractivity contribution in [2.45, 2.75) is 32.6 Å². The number of hydrogen-bond acceptors (Lipinski definition) is 3. The number of benzene rings is 1. The maximum atomic E-state index is 11.5. The highest BCUT2D eigenvalue weighted by atomic mass is 16.4. The van der Waals surface area contributed by atoms with Crippen molar-refractivity contribution in [1.82, 2.24) is 14.8 Å². The van der Waals surface area contributed by atoms with Crippen molar-refractivity contribution in [2.24, 2.45) is 0 Å². The summed E-state index contributed by atoms with van der Waals surface area (Å²) in [6.45, 7) is 4.81. The summed E-state index contributed by atoms with van der Waals surface area (Å²) in [5, 5.41) is 13.4. The van der Waals surface area contributed by atoms with Gasteiger partial charge in [-0.2, -0.15) is 0 Å². The van der Waals surface area contributed by atoms with Crippen molar-refractivity contribution in [1.29, 1.82) is 0 Å². The van der Waals surface area contributed by atoms with E-state index in [2.05, 4.69) is 40.9 Å². The third-order valence-corrected chi connectivity index (χ3v) is 4.30. The minimum atomic E-state index is -0.842. The molecule has 1 aromatic carbocycles. The molecule has 0 fully saturated rings. The van der Waals surface area contributed by atoms with Crippen molar-refractivity contribution in [3.05, 3.63) is 35.0 Å². The molecule has 0 spiro atoms. The van der Waals surface area contributed by atoms with E-state index in [1.165, 1.54) is 11.1 Å². The second-order valence-electron chi connectivity index (χ2n) is 5.74. The largest absolute Gasteiger partial charge is 0.480 e. The quantitative estimate of drug-likeness (QED) is 0.902. The van der Waals surface area contributed by atoms with Crippen molar-refractivity contribution in [3.8, 4) is 0 Å². The molecule has 3 rings (SSSR count). The van der Waals surface area contributed by atoms with Crippen LogP contribution < -0.4 is 5.32 Å². The van der Waals surface area contributed by atoms with Crippen LogP contribution >= 0.6 is 0 Å². The van der Waals surface area contributed by atoms with Crippen LogP contribution in [-0.4, -0.2) is 34.6 Å². The fourth-order valence-electron chi connectivity index (χ4n) is 3.29. The highest BCUT2D eigenvalue weighted by Crippen LogP contribution is 2.32. The number of carboxylic acids is 1. The van der Waals surface area contributed by atoms with Crippen LogP contribution in [0.15, 0.2) is 18.3 Å². The molecule has 1 aliphatic heterocycles. The number of aryl methyl sites for hydroxylation is 1. The number of nitrogens with zero attached hydrogens (tertiary/aromatic N) is 2. The molecule has 0 aliphatic carbocycles. The van der Waals surface area contributed by atoms with Crippen molar-refractivity contribution >= 4 is 16.9 Å². The lowest BCUT2D eigenvalue weighted by atomic mass is 10.0. The summed E-state index contributed by atoms with van der Waals surface area (Å²) in [4.78, 5) is 13.7. The molecule has 1 aliphatic rings. The van der Waals surface area contributed by atoms with E-state index in [4.69, 9.17) is 0 Å². The first kappa shape index (κ1) is 14.1. The van der Waals surface area contributed by atoms with Gasteiger partial charge in [-0.1, -0.05) is 0 Å². The molecule has 2 aromatic rings. The van der Waals surface area contributed by atoms with Gasteiger partial charge in [-0.3, -0.25) is 9.69 Å². The number of rotatable bonds is 4. The Balaban J connectivity index is 2.22. The Morgan fingerprint density at radius 2 is 2.05 bits per heavy atom. The van der Waals surface area contributed by atoms with Gasteiger partial charge in [-0.05, 0) is 44.3 Å². The summed E-state index contributed by atoms with van der Waals surface area (Å²) < 4.78 is 2.14. The van der Waals surface area contributed by atoms with Crippen LogP contribution in [0.25, 0.3) is 10.9 Å². The van der Waals surface area contributed by atoms with Crippen LogP contribution in [-0.2, 0) is 24.4 Å². The minimum Gasteiger partial charge on any atom is -0.480 e. The Morgan fingerprint density at radius 3 is 2.62 bits per heavy atom. The summed E-state index contributed by atoms with van der Waals surface area (Å²) in [5.41, 5.74) is 4.63. The number of hydrogen-bond donors (Lipinski definition) is 2. The molecule has 1 aromatic heterocycles. The van der Waals surface area contributed by atoms with Crippen molar-refractivity contribution in [2.75, 3.05) is 14.1 Å². The van der Waals surface area contributed by atoms with Crippen molar-refractivity contribution < 1.29 is 9.90 Å². The SMILES string of the molecule is CCn1cc(C(NC)C(=O)O)c2cc3c(cc21)CN(C)C3. The number of likely N-dealkylation sites (N-methyl/N-ethyl adjacent to an activating group) is 1. The van der Waals surface area contributed by atoms with Crippen molar-refractivity contribution in [3.63, 3.8) is 0 Å². The first-order valence-electron chi connectivity index (χ1n) is 7.28. The number of aliphatic carboxylic acids is 1. The van der Waals surface area contributed by atoms with Gasteiger partial charge in [0.05, 0.1) is 0 Å². The molecule has 21 heavy (non-hydrogen) atoms. The van der Waals surface area contributed by atoms with E-state index in [-0.39, 0.29) is 0 Å². The highest BCUT2D eigenvalue weighted by molar-refractivity contribution is 5.90. The Kier molecular flexibility index (Phi) is 3.47. The Bertz CT molecular complexity index is 705. The summed E-state index contributed by atoms with van der Waals surface area (Å²) >= 11 is 0. The lowest BCUT2D eigenvalue weighted by molar-refractivity contribution is -0.139. The van der Waals surface area contributed by atoms with E-state index in [0.717, 1.165) is 36.1 Å². The maximum absolute atomic E-state index is 11.5. The normalized spacial score (nSPS) is 16.3. The fourth-order valence-corrected chi connectivity index (χ4v) is 3.29. The first-order chi connectivity index (χ1) is 10.0. The number of carbonyl (C=O) groups is 1. The molecule has 5 nitrogen and oxygen atoms in total. The van der Waals surface area contributed by atoms with E-state index < -0.39 is 12.0 Å². The zero-order valence-corrected chi connectivity index (χ0v) is 12.7. The number of nitrogens with one attached hydrogen (secondary N) is 1. The number of aromatic nitrogens is 1. The van der Waals surface area contributed by atoms with Gasteiger partial charge >= 0.3 is 5.97 Å². The molecule has 2 N–H and O–H groups in total. The summed E-state index contributed by atoms with van der Waals surface area (Å²) in [6, 6.07) is 3.72. The van der Waals surface area contributed by atoms with E-state index >= 15 is 0 Å². The topological polar surface area (TPSA) is 57.5 Å². The predicted molar refractivity (Wildman–Crippen MR) is 82.2 cm³/mol. The molecule has 1 atom stereocenters. The second-order valence-corrected chi connectivity index (χ2v) is 5.74. The highest BCUT2D eigenvalue weighted by Gasteiger charge is 2.25. The minimum absolute atomic E-state index is 0.669. The van der Waals surface area contributed by atoms with Crippen LogP contribution in [0, 0.1) is 0 Å². The van der Waals surface area contributed by atoms with Crippen LogP contribution in [0.4, 0.5) is 0 Å².